The average Bonchev–Trinajstić information content (AvgIpc) is 2.51. The number of nitrogens with zero attached hydrogens (tertiary/aromatic N) is 2. The van der Waals surface area contributed by atoms with Gasteiger partial charge in [-0.15, -0.1) is 0 Å². The number of nitrogens with one attached hydrogen (secondary N) is 1. The molecule has 0 fully saturated rings. The number of hydrogen-bond donors (Lipinski definition) is 2. The molecule has 23 heavy (non-hydrogen) atoms. The van der Waals surface area contributed by atoms with Gasteiger partial charge >= 0.3 is 0 Å². The van der Waals surface area contributed by atoms with Gasteiger partial charge in [0.15, 0.2) is 0 Å². The van der Waals surface area contributed by atoms with Gasteiger partial charge in [-0.3, -0.25) is 14.7 Å². The van der Waals surface area contributed by atoms with E-state index in [1.807, 2.05) is 6.92 Å². The second kappa shape index (κ2) is 6.04. The predicted octanol–water partition coefficient (Wildman–Crippen LogP) is 1.54. The molecule has 0 saturated heterocycles. The number of aromatic amines is 1. The van der Waals surface area contributed by atoms with Crippen LogP contribution in [0.4, 0.5) is 5.95 Å². The van der Waals surface area contributed by atoms with E-state index in [2.05, 4.69) is 33.9 Å². The number of hydrogen-bond acceptors (Lipinski definition) is 5. The Morgan fingerprint density at radius 3 is 2.87 bits per heavy atom. The van der Waals surface area contributed by atoms with Crippen molar-refractivity contribution in [2.75, 3.05) is 19.4 Å². The average molecular weight is 314 g/mol. The van der Waals surface area contributed by atoms with Crippen LogP contribution in [0.25, 0.3) is 0 Å². The zero-order valence-corrected chi connectivity index (χ0v) is 13.8. The molecular weight excluding hydrogens is 292 g/mol. The van der Waals surface area contributed by atoms with Crippen molar-refractivity contribution in [3.8, 4) is 5.75 Å². The molecule has 0 unspecified atom stereocenters. The smallest absolute Gasteiger partial charge is 0.257 e. The van der Waals surface area contributed by atoms with E-state index in [9.17, 15) is 4.79 Å². The van der Waals surface area contributed by atoms with Crippen LogP contribution >= 0.6 is 0 Å². The van der Waals surface area contributed by atoms with Crippen molar-refractivity contribution < 1.29 is 4.74 Å². The molecule has 1 aromatic carbocycles. The summed E-state index contributed by atoms with van der Waals surface area (Å²) in [6.45, 7) is 6.41. The van der Waals surface area contributed by atoms with E-state index in [4.69, 9.17) is 10.5 Å². The second-order valence-corrected chi connectivity index (χ2v) is 6.09. The molecule has 0 atom stereocenters. The van der Waals surface area contributed by atoms with Crippen LogP contribution in [0.2, 0.25) is 0 Å². The van der Waals surface area contributed by atoms with Crippen molar-refractivity contribution >= 4 is 5.95 Å². The Bertz CT molecular complexity index is 798. The van der Waals surface area contributed by atoms with E-state index in [0.29, 0.717) is 6.54 Å². The Morgan fingerprint density at radius 2 is 2.13 bits per heavy atom. The summed E-state index contributed by atoms with van der Waals surface area (Å²) in [5.41, 5.74) is 10.6. The molecule has 6 heteroatoms. The molecule has 0 amide bonds. The van der Waals surface area contributed by atoms with Crippen LogP contribution in [0.3, 0.4) is 0 Å². The molecule has 2 heterocycles. The van der Waals surface area contributed by atoms with E-state index in [-0.39, 0.29) is 11.5 Å². The summed E-state index contributed by atoms with van der Waals surface area (Å²) < 4.78 is 5.37. The maximum absolute atomic E-state index is 12.1. The molecule has 0 saturated carbocycles. The number of fused-ring (bicyclic) bond motifs is 1. The lowest BCUT2D eigenvalue weighted by molar-refractivity contribution is 0.241. The summed E-state index contributed by atoms with van der Waals surface area (Å²) in [5, 5.41) is 0. The van der Waals surface area contributed by atoms with Crippen molar-refractivity contribution in [3.05, 3.63) is 50.4 Å². The molecule has 2 aromatic rings. The molecular formula is C17H22N4O2. The molecule has 6 nitrogen and oxygen atoms in total. The first-order chi connectivity index (χ1) is 11.0. The molecule has 122 valence electrons. The summed E-state index contributed by atoms with van der Waals surface area (Å²) in [7, 11) is 1.69. The normalized spacial score (nSPS) is 14.6. The number of nitrogen functional groups attached to an aromatic ring is 1. The first kappa shape index (κ1) is 15.6. The molecule has 3 N–H and O–H groups in total. The van der Waals surface area contributed by atoms with Crippen molar-refractivity contribution in [1.29, 1.82) is 0 Å². The topological polar surface area (TPSA) is 84.2 Å². The molecule has 3 rings (SSSR count). The van der Waals surface area contributed by atoms with E-state index in [1.54, 1.807) is 7.11 Å². The van der Waals surface area contributed by atoms with Gasteiger partial charge in [0.05, 0.1) is 18.4 Å². The number of nitrogens with two attached hydrogens (primary N) is 1. The molecule has 0 aliphatic carbocycles. The van der Waals surface area contributed by atoms with Crippen LogP contribution in [-0.4, -0.2) is 28.5 Å². The van der Waals surface area contributed by atoms with Crippen molar-refractivity contribution in [1.82, 2.24) is 14.9 Å². The molecule has 0 spiro atoms. The molecule has 1 aliphatic heterocycles. The zero-order chi connectivity index (χ0) is 16.6. The lowest BCUT2D eigenvalue weighted by atomic mass is 10.0. The number of aromatic nitrogens is 2. The highest BCUT2D eigenvalue weighted by atomic mass is 16.5. The van der Waals surface area contributed by atoms with Crippen LogP contribution in [0.5, 0.6) is 5.75 Å². The summed E-state index contributed by atoms with van der Waals surface area (Å²) >= 11 is 0. The first-order valence-electron chi connectivity index (χ1n) is 7.72. The monoisotopic (exact) mass is 314 g/mol. The highest BCUT2D eigenvalue weighted by Crippen LogP contribution is 2.25. The number of anilines is 1. The van der Waals surface area contributed by atoms with Gasteiger partial charge in [0, 0.05) is 26.1 Å². The van der Waals surface area contributed by atoms with Crippen LogP contribution in [0.1, 0.15) is 27.9 Å². The van der Waals surface area contributed by atoms with Gasteiger partial charge in [-0.05, 0) is 36.6 Å². The Morgan fingerprint density at radius 1 is 1.35 bits per heavy atom. The lowest BCUT2D eigenvalue weighted by Gasteiger charge is -2.28. The standard InChI is InChI=1S/C17H22N4O2/c1-10-7-15(23-3)11(2)6-12(10)8-21-5-4-14-13(9-21)16(22)20-17(18)19-14/h6-7H,4-5,8-9H2,1-3H3,(H3,18,19,20,22). The third-order valence-corrected chi connectivity index (χ3v) is 4.41. The molecule has 0 bridgehead atoms. The first-order valence-corrected chi connectivity index (χ1v) is 7.72. The largest absolute Gasteiger partial charge is 0.496 e. The number of aryl methyl sites for hydroxylation is 2. The van der Waals surface area contributed by atoms with E-state index in [1.165, 1.54) is 11.1 Å². The Hall–Kier alpha value is -2.34. The fourth-order valence-electron chi connectivity index (χ4n) is 3.12. The fourth-order valence-corrected chi connectivity index (χ4v) is 3.12. The summed E-state index contributed by atoms with van der Waals surface area (Å²) in [4.78, 5) is 21.2. The summed E-state index contributed by atoms with van der Waals surface area (Å²) in [5.74, 6) is 1.11. The predicted molar refractivity (Wildman–Crippen MR) is 89.6 cm³/mol. The Labute approximate surface area is 135 Å². The minimum atomic E-state index is -0.125. The zero-order valence-electron chi connectivity index (χ0n) is 13.8. The number of benzene rings is 1. The SMILES string of the molecule is COc1cc(C)c(CN2CCc3nc(N)[nH]c(=O)c3C2)cc1C. The van der Waals surface area contributed by atoms with Crippen LogP contribution in [-0.2, 0) is 19.5 Å². The molecule has 1 aromatic heterocycles. The number of ether oxygens (including phenoxy) is 1. The van der Waals surface area contributed by atoms with Crippen LogP contribution in [0, 0.1) is 13.8 Å². The minimum Gasteiger partial charge on any atom is -0.496 e. The lowest BCUT2D eigenvalue weighted by Crippen LogP contribution is -2.35. The van der Waals surface area contributed by atoms with Gasteiger partial charge in [-0.1, -0.05) is 6.07 Å². The second-order valence-electron chi connectivity index (χ2n) is 6.09. The van der Waals surface area contributed by atoms with Gasteiger partial charge in [-0.25, -0.2) is 4.98 Å². The van der Waals surface area contributed by atoms with Gasteiger partial charge in [0.25, 0.3) is 5.56 Å². The van der Waals surface area contributed by atoms with Gasteiger partial charge < -0.3 is 10.5 Å². The maximum atomic E-state index is 12.1. The Kier molecular flexibility index (Phi) is 4.09. The number of rotatable bonds is 3. The van der Waals surface area contributed by atoms with Crippen LogP contribution in [0.15, 0.2) is 16.9 Å². The minimum absolute atomic E-state index is 0.125. The maximum Gasteiger partial charge on any atom is 0.257 e. The van der Waals surface area contributed by atoms with E-state index >= 15 is 0 Å². The quantitative estimate of drug-likeness (QED) is 0.897. The number of H-pyrrole nitrogens is 1. The van der Waals surface area contributed by atoms with Gasteiger partial charge in [0.2, 0.25) is 5.95 Å². The highest BCUT2D eigenvalue weighted by Gasteiger charge is 2.21. The van der Waals surface area contributed by atoms with E-state index < -0.39 is 0 Å². The van der Waals surface area contributed by atoms with Gasteiger partial charge in [0.1, 0.15) is 5.75 Å². The number of methoxy groups -OCH3 is 1. The van der Waals surface area contributed by atoms with Gasteiger partial charge in [-0.2, -0.15) is 0 Å². The van der Waals surface area contributed by atoms with Crippen molar-refractivity contribution in [2.24, 2.45) is 0 Å². The Balaban J connectivity index is 1.83. The summed E-state index contributed by atoms with van der Waals surface area (Å²) in [6, 6.07) is 4.23. The molecule has 1 aliphatic rings. The molecule has 0 radical (unpaired) electrons. The van der Waals surface area contributed by atoms with Crippen molar-refractivity contribution in [3.63, 3.8) is 0 Å². The fraction of sp³-hybridized carbons (Fsp3) is 0.412. The van der Waals surface area contributed by atoms with Crippen molar-refractivity contribution in [2.45, 2.75) is 33.4 Å². The van der Waals surface area contributed by atoms with Crippen LogP contribution < -0.4 is 16.0 Å². The third-order valence-electron chi connectivity index (χ3n) is 4.41. The third kappa shape index (κ3) is 3.07. The van der Waals surface area contributed by atoms with E-state index in [0.717, 1.165) is 42.1 Å². The summed E-state index contributed by atoms with van der Waals surface area (Å²) in [6.07, 6.45) is 0.748. The highest BCUT2D eigenvalue weighted by molar-refractivity contribution is 5.41.